The molecule has 0 radical (unpaired) electrons. The van der Waals surface area contributed by atoms with Crippen LogP contribution in [0.5, 0.6) is 0 Å². The molecule has 0 N–H and O–H groups in total. The lowest BCUT2D eigenvalue weighted by atomic mass is 9.39. The number of hydrogen-bond acceptors (Lipinski definition) is 2. The first-order valence-corrected chi connectivity index (χ1v) is 6.10. The third-order valence-electron chi connectivity index (χ3n) is 5.58. The van der Waals surface area contributed by atoms with Crippen molar-refractivity contribution in [3.05, 3.63) is 12.2 Å². The van der Waals surface area contributed by atoms with Crippen molar-refractivity contribution in [2.75, 3.05) is 0 Å². The Labute approximate surface area is 96.3 Å². The number of rotatable bonds is 0. The summed E-state index contributed by atoms with van der Waals surface area (Å²) in [7, 11) is 0. The molecule has 4 fully saturated rings. The molecule has 4 rings (SSSR count). The lowest BCUT2D eigenvalue weighted by Gasteiger charge is -2.62. The number of carbonyl (C=O) groups excluding carboxylic acids is 1. The van der Waals surface area contributed by atoms with Crippen molar-refractivity contribution in [2.24, 2.45) is 28.6 Å². The van der Waals surface area contributed by atoms with Gasteiger partial charge < -0.3 is 0 Å². The summed E-state index contributed by atoms with van der Waals surface area (Å²) in [5.74, 6) is 1.07. The van der Waals surface area contributed by atoms with Crippen LogP contribution in [0, 0.1) is 39.9 Å². The van der Waals surface area contributed by atoms with Gasteiger partial charge in [-0.25, -0.2) is 0 Å². The fourth-order valence-electron chi connectivity index (χ4n) is 4.44. The Morgan fingerprint density at radius 2 is 2.12 bits per heavy atom. The maximum absolute atomic E-state index is 12.5. The standard InChI is InChI=1S/C14H17NO/c1-8-4-5-9-10-6-11(13(10,2)3)12(16)14(8,9)7-15/h9-11H,1,4-6H2,2-3H3/t9-,10+,11-,14-/m0/s1. The molecule has 0 aliphatic heterocycles. The summed E-state index contributed by atoms with van der Waals surface area (Å²) in [6, 6.07) is 2.33. The summed E-state index contributed by atoms with van der Waals surface area (Å²) in [6.07, 6.45) is 2.86. The van der Waals surface area contributed by atoms with Crippen molar-refractivity contribution in [1.29, 1.82) is 5.26 Å². The molecule has 0 aromatic rings. The Morgan fingerprint density at radius 1 is 1.44 bits per heavy atom. The Hall–Kier alpha value is -1.10. The van der Waals surface area contributed by atoms with Gasteiger partial charge in [0.05, 0.1) is 6.07 Å². The molecule has 84 valence electrons. The Balaban J connectivity index is 2.14. The van der Waals surface area contributed by atoms with Crippen LogP contribution in [0.25, 0.3) is 0 Å². The molecule has 0 amide bonds. The number of allylic oxidation sites excluding steroid dienone is 1. The smallest absolute Gasteiger partial charge is 0.161 e. The average molecular weight is 215 g/mol. The topological polar surface area (TPSA) is 40.9 Å². The van der Waals surface area contributed by atoms with Crippen LogP contribution in [0.15, 0.2) is 12.2 Å². The molecule has 0 heterocycles. The maximum atomic E-state index is 12.5. The molecule has 0 unspecified atom stereocenters. The fourth-order valence-corrected chi connectivity index (χ4v) is 4.44. The number of Topliss-reactive ketones (excluding diaryl/α,β-unsaturated/α-hetero) is 1. The van der Waals surface area contributed by atoms with Gasteiger partial charge in [-0.2, -0.15) is 5.26 Å². The minimum atomic E-state index is -0.802. The minimum absolute atomic E-state index is 0.100. The first kappa shape index (κ1) is 10.1. The average Bonchev–Trinajstić information content (AvgIpc) is 2.57. The molecular formula is C14H17NO. The number of carbonyl (C=O) groups is 1. The Kier molecular flexibility index (Phi) is 1.63. The second-order valence-electron chi connectivity index (χ2n) is 6.25. The largest absolute Gasteiger partial charge is 0.297 e. The van der Waals surface area contributed by atoms with Gasteiger partial charge in [-0.1, -0.05) is 20.4 Å². The molecule has 16 heavy (non-hydrogen) atoms. The molecule has 0 aromatic heterocycles. The molecule has 2 heteroatoms. The van der Waals surface area contributed by atoms with Crippen LogP contribution in [-0.2, 0) is 4.79 Å². The van der Waals surface area contributed by atoms with Crippen molar-refractivity contribution in [1.82, 2.24) is 0 Å². The van der Waals surface area contributed by atoms with Gasteiger partial charge in [0.25, 0.3) is 0 Å². The second kappa shape index (κ2) is 2.59. The molecule has 4 aliphatic carbocycles. The van der Waals surface area contributed by atoms with Crippen LogP contribution >= 0.6 is 0 Å². The molecular weight excluding hydrogens is 198 g/mol. The monoisotopic (exact) mass is 215 g/mol. The van der Waals surface area contributed by atoms with E-state index in [-0.39, 0.29) is 23.0 Å². The van der Waals surface area contributed by atoms with Gasteiger partial charge in [-0.15, -0.1) is 0 Å². The quantitative estimate of drug-likeness (QED) is 0.583. The molecule has 2 bridgehead atoms. The summed E-state index contributed by atoms with van der Waals surface area (Å²) in [5, 5.41) is 9.47. The highest BCUT2D eigenvalue weighted by atomic mass is 16.1. The number of hydrogen-bond donors (Lipinski definition) is 0. The van der Waals surface area contributed by atoms with E-state index in [1.807, 2.05) is 0 Å². The maximum Gasteiger partial charge on any atom is 0.161 e. The fraction of sp³-hybridized carbons (Fsp3) is 0.714. The molecule has 0 saturated heterocycles. The molecule has 0 spiro atoms. The first-order valence-electron chi connectivity index (χ1n) is 6.10. The number of nitrogens with zero attached hydrogens (tertiary/aromatic N) is 1. The van der Waals surface area contributed by atoms with E-state index >= 15 is 0 Å². The van der Waals surface area contributed by atoms with Crippen LogP contribution in [0.3, 0.4) is 0 Å². The predicted octanol–water partition coefficient (Wildman–Crippen LogP) is 2.71. The Morgan fingerprint density at radius 3 is 2.69 bits per heavy atom. The normalized spacial score (nSPS) is 48.2. The highest BCUT2D eigenvalue weighted by molar-refractivity contribution is 5.96. The van der Waals surface area contributed by atoms with Crippen LogP contribution < -0.4 is 0 Å². The third-order valence-corrected chi connectivity index (χ3v) is 5.58. The van der Waals surface area contributed by atoms with E-state index in [9.17, 15) is 10.1 Å². The van der Waals surface area contributed by atoms with Crippen LogP contribution in [0.1, 0.15) is 33.1 Å². The molecule has 4 aliphatic rings. The van der Waals surface area contributed by atoms with Crippen molar-refractivity contribution >= 4 is 5.78 Å². The summed E-state index contributed by atoms with van der Waals surface area (Å²) < 4.78 is 0. The lowest BCUT2D eigenvalue weighted by molar-refractivity contribution is -0.171. The molecule has 4 atom stereocenters. The summed E-state index contributed by atoms with van der Waals surface area (Å²) in [5.41, 5.74) is 0.200. The molecule has 0 aromatic carbocycles. The zero-order valence-electron chi connectivity index (χ0n) is 9.92. The van der Waals surface area contributed by atoms with Crippen molar-refractivity contribution in [3.8, 4) is 6.07 Å². The minimum Gasteiger partial charge on any atom is -0.297 e. The van der Waals surface area contributed by atoms with Crippen LogP contribution in [0.2, 0.25) is 0 Å². The Bertz CT molecular complexity index is 442. The molecule has 4 saturated carbocycles. The van der Waals surface area contributed by atoms with Gasteiger partial charge in [-0.05, 0) is 42.1 Å². The van der Waals surface area contributed by atoms with Crippen LogP contribution in [-0.4, -0.2) is 5.78 Å². The van der Waals surface area contributed by atoms with E-state index in [2.05, 4.69) is 26.5 Å². The predicted molar refractivity (Wildman–Crippen MR) is 60.3 cm³/mol. The van der Waals surface area contributed by atoms with E-state index in [0.29, 0.717) is 5.92 Å². The summed E-state index contributed by atoms with van der Waals surface area (Å²) in [6.45, 7) is 8.36. The lowest BCUT2D eigenvalue weighted by Crippen LogP contribution is -2.64. The number of nitriles is 1. The number of ketones is 1. The van der Waals surface area contributed by atoms with Crippen molar-refractivity contribution < 1.29 is 4.79 Å². The van der Waals surface area contributed by atoms with E-state index in [4.69, 9.17) is 0 Å². The van der Waals surface area contributed by atoms with Crippen molar-refractivity contribution in [2.45, 2.75) is 33.1 Å². The first-order chi connectivity index (χ1) is 7.46. The van der Waals surface area contributed by atoms with Gasteiger partial charge in [0.1, 0.15) is 5.41 Å². The van der Waals surface area contributed by atoms with E-state index < -0.39 is 5.41 Å². The SMILES string of the molecule is C=C1CC[C@H]2[C@H]3C[C@@H](C(=O)[C@@]12C#N)C3(C)C. The summed E-state index contributed by atoms with van der Waals surface area (Å²) >= 11 is 0. The van der Waals surface area contributed by atoms with Gasteiger partial charge in [-0.3, -0.25) is 4.79 Å². The highest BCUT2D eigenvalue weighted by Crippen LogP contribution is 2.69. The van der Waals surface area contributed by atoms with Crippen LogP contribution in [0.4, 0.5) is 0 Å². The second-order valence-corrected chi connectivity index (χ2v) is 6.25. The summed E-state index contributed by atoms with van der Waals surface area (Å²) in [4.78, 5) is 12.5. The van der Waals surface area contributed by atoms with E-state index in [1.165, 1.54) is 0 Å². The van der Waals surface area contributed by atoms with Crippen molar-refractivity contribution in [3.63, 3.8) is 0 Å². The highest BCUT2D eigenvalue weighted by Gasteiger charge is 2.70. The molecule has 2 nitrogen and oxygen atoms in total. The van der Waals surface area contributed by atoms with Gasteiger partial charge in [0.2, 0.25) is 0 Å². The van der Waals surface area contributed by atoms with Gasteiger partial charge in [0.15, 0.2) is 5.78 Å². The van der Waals surface area contributed by atoms with E-state index in [0.717, 1.165) is 24.8 Å². The zero-order chi connectivity index (χ0) is 11.7. The zero-order valence-corrected chi connectivity index (χ0v) is 9.92. The van der Waals surface area contributed by atoms with Gasteiger partial charge in [0, 0.05) is 5.92 Å². The van der Waals surface area contributed by atoms with E-state index in [1.54, 1.807) is 0 Å². The van der Waals surface area contributed by atoms with Gasteiger partial charge >= 0.3 is 0 Å². The third kappa shape index (κ3) is 0.764.